The first-order valence-electron chi connectivity index (χ1n) is 8.78. The Bertz CT molecular complexity index is 1150. The van der Waals surface area contributed by atoms with E-state index in [2.05, 4.69) is 50.3 Å². The van der Waals surface area contributed by atoms with E-state index in [4.69, 9.17) is 0 Å². The van der Waals surface area contributed by atoms with Crippen LogP contribution in [0.5, 0.6) is 0 Å². The van der Waals surface area contributed by atoms with Crippen molar-refractivity contribution >= 4 is 34.1 Å². The predicted molar refractivity (Wildman–Crippen MR) is 107 cm³/mol. The maximum absolute atomic E-state index is 12.1. The standard InChI is InChI=1S/C21H19N5O/c1-15-14-26(20-5-3-2-4-17(15)20)11-8-21(27)25-24-13-16-6-7-18-19(12-16)23-10-9-22-18/h2-7,9-10,12-14H,8,11H2,1H3,(H,25,27)/b24-13-. The maximum atomic E-state index is 12.1. The van der Waals surface area contributed by atoms with Crippen LogP contribution in [-0.2, 0) is 11.3 Å². The van der Waals surface area contributed by atoms with Crippen molar-refractivity contribution < 1.29 is 4.79 Å². The number of hydrazone groups is 1. The third-order valence-electron chi connectivity index (χ3n) is 4.46. The molecule has 1 amide bonds. The topological polar surface area (TPSA) is 72.2 Å². The van der Waals surface area contributed by atoms with E-state index < -0.39 is 0 Å². The van der Waals surface area contributed by atoms with Gasteiger partial charge in [-0.15, -0.1) is 0 Å². The quantitative estimate of drug-likeness (QED) is 0.439. The van der Waals surface area contributed by atoms with E-state index in [9.17, 15) is 4.79 Å². The summed E-state index contributed by atoms with van der Waals surface area (Å²) >= 11 is 0. The minimum atomic E-state index is -0.123. The third-order valence-corrected chi connectivity index (χ3v) is 4.46. The number of rotatable bonds is 5. The summed E-state index contributed by atoms with van der Waals surface area (Å²) < 4.78 is 2.11. The lowest BCUT2D eigenvalue weighted by Crippen LogP contribution is -2.19. The van der Waals surface area contributed by atoms with E-state index in [1.54, 1.807) is 18.6 Å². The van der Waals surface area contributed by atoms with E-state index in [0.717, 1.165) is 22.1 Å². The molecule has 27 heavy (non-hydrogen) atoms. The molecule has 0 saturated heterocycles. The molecule has 0 fully saturated rings. The molecule has 4 rings (SSSR count). The average Bonchev–Trinajstić information content (AvgIpc) is 3.02. The van der Waals surface area contributed by atoms with Gasteiger partial charge >= 0.3 is 0 Å². The Labute approximate surface area is 156 Å². The van der Waals surface area contributed by atoms with Gasteiger partial charge in [-0.25, -0.2) is 5.43 Å². The number of nitrogens with one attached hydrogen (secondary N) is 1. The van der Waals surface area contributed by atoms with Crippen molar-refractivity contribution in [2.24, 2.45) is 5.10 Å². The fraction of sp³-hybridized carbons (Fsp3) is 0.143. The van der Waals surface area contributed by atoms with Crippen LogP contribution in [0.1, 0.15) is 17.5 Å². The van der Waals surface area contributed by atoms with Crippen molar-refractivity contribution in [3.63, 3.8) is 0 Å². The highest BCUT2D eigenvalue weighted by atomic mass is 16.2. The molecule has 0 unspecified atom stereocenters. The summed E-state index contributed by atoms with van der Waals surface area (Å²) in [6.07, 6.45) is 7.36. The number of amides is 1. The summed E-state index contributed by atoms with van der Waals surface area (Å²) in [5.41, 5.74) is 7.42. The van der Waals surface area contributed by atoms with E-state index in [1.165, 1.54) is 10.9 Å². The monoisotopic (exact) mass is 357 g/mol. The zero-order chi connectivity index (χ0) is 18.6. The second-order valence-corrected chi connectivity index (χ2v) is 6.37. The number of hydrogen-bond acceptors (Lipinski definition) is 4. The summed E-state index contributed by atoms with van der Waals surface area (Å²) in [4.78, 5) is 20.6. The third kappa shape index (κ3) is 3.69. The minimum absolute atomic E-state index is 0.123. The molecular formula is C21H19N5O. The van der Waals surface area contributed by atoms with Gasteiger partial charge < -0.3 is 4.57 Å². The van der Waals surface area contributed by atoms with E-state index in [1.807, 2.05) is 30.3 Å². The van der Waals surface area contributed by atoms with Crippen molar-refractivity contribution in [3.8, 4) is 0 Å². The fourth-order valence-corrected chi connectivity index (χ4v) is 3.13. The number of hydrogen-bond donors (Lipinski definition) is 1. The summed E-state index contributed by atoms with van der Waals surface area (Å²) in [5, 5.41) is 5.26. The van der Waals surface area contributed by atoms with Crippen LogP contribution in [0.2, 0.25) is 0 Å². The molecular weight excluding hydrogens is 338 g/mol. The van der Waals surface area contributed by atoms with Gasteiger partial charge in [-0.2, -0.15) is 5.10 Å². The normalized spacial score (nSPS) is 11.4. The van der Waals surface area contributed by atoms with Crippen LogP contribution in [0.25, 0.3) is 21.9 Å². The fourth-order valence-electron chi connectivity index (χ4n) is 3.13. The molecule has 6 nitrogen and oxygen atoms in total. The van der Waals surface area contributed by atoms with Gasteiger partial charge in [0.2, 0.25) is 5.91 Å². The molecule has 0 radical (unpaired) electrons. The maximum Gasteiger partial charge on any atom is 0.241 e. The predicted octanol–water partition coefficient (Wildman–Crippen LogP) is 3.43. The highest BCUT2D eigenvalue weighted by Crippen LogP contribution is 2.20. The van der Waals surface area contributed by atoms with Gasteiger partial charge in [0.15, 0.2) is 0 Å². The van der Waals surface area contributed by atoms with Crippen molar-refractivity contribution in [1.29, 1.82) is 0 Å². The molecule has 6 heteroatoms. The van der Waals surface area contributed by atoms with Gasteiger partial charge in [0.1, 0.15) is 0 Å². The molecule has 0 bridgehead atoms. The van der Waals surface area contributed by atoms with Crippen LogP contribution >= 0.6 is 0 Å². The van der Waals surface area contributed by atoms with Crippen LogP contribution in [-0.4, -0.2) is 26.7 Å². The Morgan fingerprint density at radius 3 is 2.85 bits per heavy atom. The van der Waals surface area contributed by atoms with E-state index >= 15 is 0 Å². The number of fused-ring (bicyclic) bond motifs is 2. The first-order valence-corrected chi connectivity index (χ1v) is 8.78. The first kappa shape index (κ1) is 16.9. The number of benzene rings is 2. The van der Waals surface area contributed by atoms with Crippen LogP contribution in [0.3, 0.4) is 0 Å². The number of nitrogens with zero attached hydrogens (tertiary/aromatic N) is 4. The molecule has 0 atom stereocenters. The molecule has 1 N–H and O–H groups in total. The van der Waals surface area contributed by atoms with Crippen LogP contribution in [0.4, 0.5) is 0 Å². The smallest absolute Gasteiger partial charge is 0.241 e. The Morgan fingerprint density at radius 2 is 1.96 bits per heavy atom. The molecule has 2 heterocycles. The molecule has 0 aliphatic carbocycles. The lowest BCUT2D eigenvalue weighted by Gasteiger charge is -2.04. The highest BCUT2D eigenvalue weighted by Gasteiger charge is 2.06. The highest BCUT2D eigenvalue weighted by molar-refractivity contribution is 5.87. The summed E-state index contributed by atoms with van der Waals surface area (Å²) in [6, 6.07) is 13.9. The largest absolute Gasteiger partial charge is 0.347 e. The Kier molecular flexibility index (Phi) is 4.61. The van der Waals surface area contributed by atoms with Gasteiger partial charge in [0, 0.05) is 42.5 Å². The molecule has 4 aromatic rings. The van der Waals surface area contributed by atoms with Crippen molar-refractivity contribution in [2.75, 3.05) is 0 Å². The zero-order valence-corrected chi connectivity index (χ0v) is 15.0. The van der Waals surface area contributed by atoms with Crippen LogP contribution < -0.4 is 5.43 Å². The Balaban J connectivity index is 1.36. The molecule has 0 saturated carbocycles. The molecule has 0 aliphatic heterocycles. The van der Waals surface area contributed by atoms with E-state index in [-0.39, 0.29) is 5.91 Å². The van der Waals surface area contributed by atoms with Crippen molar-refractivity contribution in [2.45, 2.75) is 19.9 Å². The molecule has 2 aromatic carbocycles. The number of aryl methyl sites for hydroxylation is 2. The number of carbonyl (C=O) groups excluding carboxylic acids is 1. The molecule has 0 spiro atoms. The Hall–Kier alpha value is -3.54. The zero-order valence-electron chi connectivity index (χ0n) is 15.0. The SMILES string of the molecule is Cc1cn(CCC(=O)N/N=C\c2ccc3nccnc3c2)c2ccccc12. The number of carbonyl (C=O) groups is 1. The van der Waals surface area contributed by atoms with Gasteiger partial charge in [0.25, 0.3) is 0 Å². The van der Waals surface area contributed by atoms with E-state index in [0.29, 0.717) is 13.0 Å². The van der Waals surface area contributed by atoms with Gasteiger partial charge in [-0.1, -0.05) is 24.3 Å². The second kappa shape index (κ2) is 7.37. The number of para-hydroxylation sites is 1. The summed E-state index contributed by atoms with van der Waals surface area (Å²) in [6.45, 7) is 2.69. The van der Waals surface area contributed by atoms with Gasteiger partial charge in [-0.05, 0) is 36.2 Å². The molecule has 0 aliphatic rings. The van der Waals surface area contributed by atoms with Crippen LogP contribution in [0.15, 0.2) is 66.2 Å². The molecule has 134 valence electrons. The minimum Gasteiger partial charge on any atom is -0.347 e. The first-order chi connectivity index (χ1) is 13.2. The lowest BCUT2D eigenvalue weighted by atomic mass is 10.2. The summed E-state index contributed by atoms with van der Waals surface area (Å²) in [7, 11) is 0. The Morgan fingerprint density at radius 1 is 1.15 bits per heavy atom. The second-order valence-electron chi connectivity index (χ2n) is 6.37. The van der Waals surface area contributed by atoms with Gasteiger partial charge in [0.05, 0.1) is 17.2 Å². The van der Waals surface area contributed by atoms with Crippen molar-refractivity contribution in [1.82, 2.24) is 20.0 Å². The van der Waals surface area contributed by atoms with Crippen molar-refractivity contribution in [3.05, 3.63) is 72.2 Å². The van der Waals surface area contributed by atoms with Gasteiger partial charge in [-0.3, -0.25) is 14.8 Å². The number of aromatic nitrogens is 3. The summed E-state index contributed by atoms with van der Waals surface area (Å²) in [5.74, 6) is -0.123. The molecule has 2 aromatic heterocycles. The van der Waals surface area contributed by atoms with Crippen LogP contribution in [0, 0.1) is 6.92 Å². The lowest BCUT2D eigenvalue weighted by molar-refractivity contribution is -0.121. The average molecular weight is 357 g/mol.